The number of nitrogens with zero attached hydrogens (tertiary/aromatic N) is 2. The van der Waals surface area contributed by atoms with Crippen LogP contribution in [0.15, 0.2) is 46.7 Å². The van der Waals surface area contributed by atoms with Gasteiger partial charge in [0.25, 0.3) is 0 Å². The zero-order chi connectivity index (χ0) is 13.8. The second-order valence-electron chi connectivity index (χ2n) is 3.54. The van der Waals surface area contributed by atoms with Gasteiger partial charge in [-0.1, -0.05) is 11.8 Å². The van der Waals surface area contributed by atoms with Gasteiger partial charge < -0.3 is 10.8 Å². The van der Waals surface area contributed by atoms with E-state index < -0.39 is 11.9 Å². The van der Waals surface area contributed by atoms with Gasteiger partial charge in [0.05, 0.1) is 11.1 Å². The third-order valence-corrected chi connectivity index (χ3v) is 3.09. The van der Waals surface area contributed by atoms with Crippen molar-refractivity contribution in [2.24, 2.45) is 5.73 Å². The first-order chi connectivity index (χ1) is 9.06. The molecule has 0 aliphatic heterocycles. The number of aromatic nitrogens is 2. The molecular formula is C12H9N3O3S. The molecule has 0 fully saturated rings. The number of hydrogen-bond acceptors (Lipinski definition) is 5. The highest BCUT2D eigenvalue weighted by Gasteiger charge is 2.07. The van der Waals surface area contributed by atoms with Crippen LogP contribution in [-0.2, 0) is 0 Å². The topological polar surface area (TPSA) is 106 Å². The Morgan fingerprint density at radius 1 is 1.11 bits per heavy atom. The lowest BCUT2D eigenvalue weighted by molar-refractivity contribution is 0.0696. The zero-order valence-electron chi connectivity index (χ0n) is 9.61. The first kappa shape index (κ1) is 13.0. The molecule has 6 nitrogen and oxygen atoms in total. The fourth-order valence-electron chi connectivity index (χ4n) is 1.29. The van der Waals surface area contributed by atoms with Crippen molar-refractivity contribution < 1.29 is 14.7 Å². The SMILES string of the molecule is NC(=O)c1ccc(Sc2cc(C(=O)O)ccn2)nc1. The van der Waals surface area contributed by atoms with Crippen molar-refractivity contribution >= 4 is 23.6 Å². The molecule has 19 heavy (non-hydrogen) atoms. The van der Waals surface area contributed by atoms with Crippen LogP contribution in [0.5, 0.6) is 0 Å². The number of carboxylic acids is 1. The third kappa shape index (κ3) is 3.29. The molecule has 0 saturated carbocycles. The molecule has 2 aromatic heterocycles. The Morgan fingerprint density at radius 3 is 2.47 bits per heavy atom. The molecule has 0 aliphatic carbocycles. The minimum Gasteiger partial charge on any atom is -0.478 e. The number of primary amides is 1. The lowest BCUT2D eigenvalue weighted by Gasteiger charge is -2.02. The van der Waals surface area contributed by atoms with E-state index in [1.54, 1.807) is 12.1 Å². The summed E-state index contributed by atoms with van der Waals surface area (Å²) in [5.41, 5.74) is 5.58. The molecule has 0 aromatic carbocycles. The highest BCUT2D eigenvalue weighted by molar-refractivity contribution is 7.99. The van der Waals surface area contributed by atoms with Gasteiger partial charge in [-0.3, -0.25) is 4.79 Å². The van der Waals surface area contributed by atoms with Gasteiger partial charge in [-0.25, -0.2) is 14.8 Å². The van der Waals surface area contributed by atoms with Crippen molar-refractivity contribution in [1.29, 1.82) is 0 Å². The molecule has 1 amide bonds. The van der Waals surface area contributed by atoms with Crippen molar-refractivity contribution in [3.8, 4) is 0 Å². The van der Waals surface area contributed by atoms with Crippen LogP contribution in [0.25, 0.3) is 0 Å². The lowest BCUT2D eigenvalue weighted by atomic mass is 10.3. The molecule has 0 saturated heterocycles. The number of hydrogen-bond donors (Lipinski definition) is 2. The molecule has 0 spiro atoms. The first-order valence-corrected chi connectivity index (χ1v) is 6.01. The Bertz CT molecular complexity index is 628. The summed E-state index contributed by atoms with van der Waals surface area (Å²) in [5, 5.41) is 9.98. The average molecular weight is 275 g/mol. The van der Waals surface area contributed by atoms with Crippen LogP contribution in [0.1, 0.15) is 20.7 Å². The minimum atomic E-state index is -1.01. The molecule has 2 heterocycles. The molecule has 0 bridgehead atoms. The molecule has 0 atom stereocenters. The van der Waals surface area contributed by atoms with Crippen LogP contribution < -0.4 is 5.73 Å². The van der Waals surface area contributed by atoms with Crippen LogP contribution in [-0.4, -0.2) is 27.0 Å². The average Bonchev–Trinajstić information content (AvgIpc) is 2.39. The van der Waals surface area contributed by atoms with Crippen LogP contribution in [0.3, 0.4) is 0 Å². The van der Waals surface area contributed by atoms with E-state index in [0.29, 0.717) is 15.6 Å². The van der Waals surface area contributed by atoms with E-state index in [2.05, 4.69) is 9.97 Å². The molecule has 96 valence electrons. The van der Waals surface area contributed by atoms with Crippen molar-refractivity contribution in [3.05, 3.63) is 47.8 Å². The summed E-state index contributed by atoms with van der Waals surface area (Å²) in [6, 6.07) is 6.05. The predicted octanol–water partition coefficient (Wildman–Crippen LogP) is 1.42. The Kier molecular flexibility index (Phi) is 3.76. The highest BCUT2D eigenvalue weighted by atomic mass is 32.2. The summed E-state index contributed by atoms with van der Waals surface area (Å²) in [6.07, 6.45) is 2.79. The number of nitrogens with two attached hydrogens (primary N) is 1. The number of carbonyl (C=O) groups excluding carboxylic acids is 1. The minimum absolute atomic E-state index is 0.159. The van der Waals surface area contributed by atoms with E-state index in [1.165, 1.54) is 36.3 Å². The van der Waals surface area contributed by atoms with Crippen LogP contribution in [0.2, 0.25) is 0 Å². The van der Waals surface area contributed by atoms with E-state index in [4.69, 9.17) is 10.8 Å². The highest BCUT2D eigenvalue weighted by Crippen LogP contribution is 2.24. The van der Waals surface area contributed by atoms with E-state index in [-0.39, 0.29) is 5.56 Å². The standard InChI is InChI=1S/C12H9N3O3S/c13-11(16)8-1-2-9(15-6-8)19-10-5-7(12(17)18)3-4-14-10/h1-6H,(H2,13,16)(H,17,18). The van der Waals surface area contributed by atoms with Gasteiger partial charge in [-0.15, -0.1) is 0 Å². The summed E-state index contributed by atoms with van der Waals surface area (Å²) in [4.78, 5) is 29.8. The number of pyridine rings is 2. The molecule has 2 rings (SSSR count). The van der Waals surface area contributed by atoms with Crippen LogP contribution in [0.4, 0.5) is 0 Å². The van der Waals surface area contributed by atoms with Gasteiger partial charge in [0.15, 0.2) is 0 Å². The molecule has 0 aliphatic rings. The molecule has 0 unspecified atom stereocenters. The number of aromatic carboxylic acids is 1. The van der Waals surface area contributed by atoms with Crippen LogP contribution in [0, 0.1) is 0 Å². The fraction of sp³-hybridized carbons (Fsp3) is 0. The maximum absolute atomic E-state index is 10.9. The second kappa shape index (κ2) is 5.49. The van der Waals surface area contributed by atoms with E-state index in [0.717, 1.165) is 0 Å². The van der Waals surface area contributed by atoms with Gasteiger partial charge in [-0.05, 0) is 24.3 Å². The van der Waals surface area contributed by atoms with Gasteiger partial charge in [0.2, 0.25) is 5.91 Å². The predicted molar refractivity (Wildman–Crippen MR) is 68.1 cm³/mol. The Labute approximate surface area is 112 Å². The number of carboxylic acid groups (broad SMARTS) is 1. The molecule has 3 N–H and O–H groups in total. The van der Waals surface area contributed by atoms with Gasteiger partial charge in [-0.2, -0.15) is 0 Å². The summed E-state index contributed by atoms with van der Waals surface area (Å²) in [5.74, 6) is -1.56. The zero-order valence-corrected chi connectivity index (χ0v) is 10.4. The number of carbonyl (C=O) groups is 2. The van der Waals surface area contributed by atoms with Gasteiger partial charge in [0.1, 0.15) is 10.1 Å². The van der Waals surface area contributed by atoms with Crippen LogP contribution >= 0.6 is 11.8 Å². The van der Waals surface area contributed by atoms with E-state index >= 15 is 0 Å². The smallest absolute Gasteiger partial charge is 0.335 e. The third-order valence-electron chi connectivity index (χ3n) is 2.21. The summed E-state index contributed by atoms with van der Waals surface area (Å²) in [6.45, 7) is 0. The maximum atomic E-state index is 10.9. The van der Waals surface area contributed by atoms with Gasteiger partial charge in [0, 0.05) is 12.4 Å². The quantitative estimate of drug-likeness (QED) is 0.874. The molecular weight excluding hydrogens is 266 g/mol. The lowest BCUT2D eigenvalue weighted by Crippen LogP contribution is -2.10. The Hall–Kier alpha value is -2.41. The maximum Gasteiger partial charge on any atom is 0.335 e. The normalized spacial score (nSPS) is 10.1. The summed E-state index contributed by atoms with van der Waals surface area (Å²) < 4.78 is 0. The number of rotatable bonds is 4. The van der Waals surface area contributed by atoms with E-state index in [1.807, 2.05) is 0 Å². The number of amides is 1. The van der Waals surface area contributed by atoms with Crippen molar-refractivity contribution in [2.75, 3.05) is 0 Å². The summed E-state index contributed by atoms with van der Waals surface area (Å²) >= 11 is 1.20. The molecule has 0 radical (unpaired) electrons. The van der Waals surface area contributed by atoms with Crippen molar-refractivity contribution in [3.63, 3.8) is 0 Å². The van der Waals surface area contributed by atoms with Gasteiger partial charge >= 0.3 is 5.97 Å². The fourth-order valence-corrected chi connectivity index (χ4v) is 2.05. The van der Waals surface area contributed by atoms with Crippen molar-refractivity contribution in [1.82, 2.24) is 9.97 Å². The molecule has 7 heteroatoms. The Balaban J connectivity index is 2.19. The largest absolute Gasteiger partial charge is 0.478 e. The Morgan fingerprint density at radius 2 is 1.89 bits per heavy atom. The summed E-state index contributed by atoms with van der Waals surface area (Å²) in [7, 11) is 0. The van der Waals surface area contributed by atoms with Crippen molar-refractivity contribution in [2.45, 2.75) is 10.1 Å². The molecule has 2 aromatic rings. The second-order valence-corrected chi connectivity index (χ2v) is 4.58. The monoisotopic (exact) mass is 275 g/mol. The van der Waals surface area contributed by atoms with E-state index in [9.17, 15) is 9.59 Å². The first-order valence-electron chi connectivity index (χ1n) is 5.19.